The second-order valence-corrected chi connectivity index (χ2v) is 7.63. The summed E-state index contributed by atoms with van der Waals surface area (Å²) in [6.45, 7) is 6.73. The molecule has 34 heavy (non-hydrogen) atoms. The lowest BCUT2D eigenvalue weighted by Gasteiger charge is -2.13. The highest BCUT2D eigenvalue weighted by atomic mass is 16.5. The molecule has 0 aliphatic carbocycles. The molecular formula is C26H27N3O5. The van der Waals surface area contributed by atoms with Crippen LogP contribution in [0.3, 0.4) is 0 Å². The molecule has 2 aromatic carbocycles. The van der Waals surface area contributed by atoms with Crippen LogP contribution in [0, 0.1) is 32.1 Å². The van der Waals surface area contributed by atoms with E-state index in [2.05, 4.69) is 10.5 Å². The lowest BCUT2D eigenvalue weighted by Crippen LogP contribution is -2.13. The number of para-hydroxylation sites is 1. The molecule has 0 aliphatic heterocycles. The fourth-order valence-corrected chi connectivity index (χ4v) is 3.26. The molecular weight excluding hydrogens is 434 g/mol. The van der Waals surface area contributed by atoms with E-state index in [0.717, 1.165) is 16.9 Å². The Kier molecular flexibility index (Phi) is 8.30. The van der Waals surface area contributed by atoms with Crippen molar-refractivity contribution < 1.29 is 23.5 Å². The Morgan fingerprint density at radius 1 is 1.09 bits per heavy atom. The van der Waals surface area contributed by atoms with Crippen molar-refractivity contribution in [2.45, 2.75) is 27.2 Å². The molecule has 0 fully saturated rings. The normalized spacial score (nSPS) is 11.0. The number of amides is 1. The number of methoxy groups -OCH3 is 1. The van der Waals surface area contributed by atoms with Gasteiger partial charge in [0.05, 0.1) is 20.3 Å². The van der Waals surface area contributed by atoms with Gasteiger partial charge in [0.1, 0.15) is 23.2 Å². The lowest BCUT2D eigenvalue weighted by atomic mass is 10.1. The Morgan fingerprint density at radius 3 is 2.47 bits per heavy atom. The van der Waals surface area contributed by atoms with E-state index in [1.54, 1.807) is 31.2 Å². The summed E-state index contributed by atoms with van der Waals surface area (Å²) in [7, 11) is 1.53. The van der Waals surface area contributed by atoms with Crippen molar-refractivity contribution in [2.75, 3.05) is 25.6 Å². The fraction of sp³-hybridized carbons (Fsp3) is 0.269. The minimum Gasteiger partial charge on any atom is -0.493 e. The maximum absolute atomic E-state index is 12.4. The van der Waals surface area contributed by atoms with Crippen molar-refractivity contribution in [3.05, 3.63) is 70.5 Å². The van der Waals surface area contributed by atoms with Gasteiger partial charge in [-0.1, -0.05) is 29.4 Å². The summed E-state index contributed by atoms with van der Waals surface area (Å²) < 4.78 is 22.1. The standard InChI is InChI=1S/C26H27N3O5/c1-17-7-5-8-18(2)25(17)33-12-6-11-32-22-10-9-20(15-23(22)31-4)14-21(16-27)26(30)28-24-13-19(3)34-29-24/h5,7-10,13-15H,6,11-12H2,1-4H3,(H,28,29,30). The van der Waals surface area contributed by atoms with E-state index in [9.17, 15) is 10.1 Å². The van der Waals surface area contributed by atoms with Gasteiger partial charge in [0.15, 0.2) is 17.3 Å². The zero-order chi connectivity index (χ0) is 24.5. The maximum Gasteiger partial charge on any atom is 0.267 e. The predicted molar refractivity (Wildman–Crippen MR) is 128 cm³/mol. The number of nitrogens with one attached hydrogen (secondary N) is 1. The number of hydrogen-bond acceptors (Lipinski definition) is 7. The first-order valence-corrected chi connectivity index (χ1v) is 10.8. The molecule has 176 valence electrons. The molecule has 0 radical (unpaired) electrons. The van der Waals surface area contributed by atoms with E-state index in [1.165, 1.54) is 13.2 Å². The van der Waals surface area contributed by atoms with Crippen LogP contribution < -0.4 is 19.5 Å². The van der Waals surface area contributed by atoms with Crippen molar-refractivity contribution >= 4 is 17.8 Å². The third-order valence-electron chi connectivity index (χ3n) is 4.93. The smallest absolute Gasteiger partial charge is 0.267 e. The number of carbonyl (C=O) groups excluding carboxylic acids is 1. The molecule has 0 saturated heterocycles. The van der Waals surface area contributed by atoms with E-state index in [1.807, 2.05) is 38.1 Å². The third kappa shape index (κ3) is 6.39. The predicted octanol–water partition coefficient (Wildman–Crippen LogP) is 5.00. The summed E-state index contributed by atoms with van der Waals surface area (Å²) in [5.41, 5.74) is 2.74. The zero-order valence-corrected chi connectivity index (χ0v) is 19.7. The second-order valence-electron chi connectivity index (χ2n) is 7.63. The Bertz CT molecular complexity index is 1200. The second kappa shape index (κ2) is 11.6. The van der Waals surface area contributed by atoms with E-state index in [0.29, 0.717) is 42.5 Å². The van der Waals surface area contributed by atoms with Crippen LogP contribution in [0.15, 0.2) is 52.6 Å². The molecule has 0 bridgehead atoms. The summed E-state index contributed by atoms with van der Waals surface area (Å²) in [6.07, 6.45) is 2.16. The summed E-state index contributed by atoms with van der Waals surface area (Å²) >= 11 is 0. The Morgan fingerprint density at radius 2 is 1.82 bits per heavy atom. The fourth-order valence-electron chi connectivity index (χ4n) is 3.26. The molecule has 0 spiro atoms. The van der Waals surface area contributed by atoms with Crippen LogP contribution in [0.5, 0.6) is 17.2 Å². The number of nitriles is 1. The molecule has 0 aliphatic rings. The van der Waals surface area contributed by atoms with E-state index >= 15 is 0 Å². The molecule has 8 nitrogen and oxygen atoms in total. The maximum atomic E-state index is 12.4. The molecule has 8 heteroatoms. The Labute approximate surface area is 198 Å². The van der Waals surface area contributed by atoms with Crippen molar-refractivity contribution in [2.24, 2.45) is 0 Å². The SMILES string of the molecule is COc1cc(C=C(C#N)C(=O)Nc2cc(C)on2)ccc1OCCCOc1c(C)cccc1C. The number of rotatable bonds is 10. The van der Waals surface area contributed by atoms with Gasteiger partial charge in [-0.3, -0.25) is 4.79 Å². The first-order valence-electron chi connectivity index (χ1n) is 10.8. The van der Waals surface area contributed by atoms with Crippen molar-refractivity contribution in [3.8, 4) is 23.3 Å². The number of ether oxygens (including phenoxy) is 3. The summed E-state index contributed by atoms with van der Waals surface area (Å²) in [5, 5.41) is 15.6. The van der Waals surface area contributed by atoms with Gasteiger partial charge in [0.2, 0.25) is 0 Å². The molecule has 1 heterocycles. The number of hydrogen-bond donors (Lipinski definition) is 1. The van der Waals surface area contributed by atoms with E-state index in [-0.39, 0.29) is 11.4 Å². The molecule has 1 aromatic heterocycles. The minimum atomic E-state index is -0.584. The van der Waals surface area contributed by atoms with Gasteiger partial charge in [-0.05, 0) is 55.7 Å². The summed E-state index contributed by atoms with van der Waals surface area (Å²) in [4.78, 5) is 12.4. The number of aromatic nitrogens is 1. The van der Waals surface area contributed by atoms with Crippen LogP contribution in [0.4, 0.5) is 5.82 Å². The Hall–Kier alpha value is -4.25. The van der Waals surface area contributed by atoms with Crippen LogP contribution >= 0.6 is 0 Å². The third-order valence-corrected chi connectivity index (χ3v) is 4.93. The summed E-state index contributed by atoms with van der Waals surface area (Å²) in [6, 6.07) is 14.7. The van der Waals surface area contributed by atoms with Gasteiger partial charge in [-0.2, -0.15) is 5.26 Å². The molecule has 3 rings (SSSR count). The van der Waals surface area contributed by atoms with Gasteiger partial charge < -0.3 is 24.1 Å². The highest BCUT2D eigenvalue weighted by Crippen LogP contribution is 2.29. The number of carbonyl (C=O) groups is 1. The lowest BCUT2D eigenvalue weighted by molar-refractivity contribution is -0.112. The van der Waals surface area contributed by atoms with Gasteiger partial charge >= 0.3 is 0 Å². The number of aryl methyl sites for hydroxylation is 3. The average Bonchev–Trinajstić information content (AvgIpc) is 3.23. The summed E-state index contributed by atoms with van der Waals surface area (Å²) in [5.74, 6) is 2.18. The van der Waals surface area contributed by atoms with Crippen LogP contribution in [0.25, 0.3) is 6.08 Å². The van der Waals surface area contributed by atoms with E-state index in [4.69, 9.17) is 18.7 Å². The first-order chi connectivity index (χ1) is 16.4. The number of benzene rings is 2. The van der Waals surface area contributed by atoms with Crippen LogP contribution in [-0.4, -0.2) is 31.4 Å². The van der Waals surface area contributed by atoms with Crippen LogP contribution in [0.2, 0.25) is 0 Å². The van der Waals surface area contributed by atoms with Gasteiger partial charge in [0.25, 0.3) is 5.91 Å². The van der Waals surface area contributed by atoms with Crippen molar-refractivity contribution in [1.29, 1.82) is 5.26 Å². The molecule has 0 unspecified atom stereocenters. The van der Waals surface area contributed by atoms with Crippen LogP contribution in [0.1, 0.15) is 28.9 Å². The Balaban J connectivity index is 1.58. The van der Waals surface area contributed by atoms with Gasteiger partial charge in [0, 0.05) is 12.5 Å². The quantitative estimate of drug-likeness (QED) is 0.257. The van der Waals surface area contributed by atoms with E-state index < -0.39 is 5.91 Å². The first kappa shape index (κ1) is 24.4. The monoisotopic (exact) mass is 461 g/mol. The highest BCUT2D eigenvalue weighted by molar-refractivity contribution is 6.09. The topological polar surface area (TPSA) is 107 Å². The molecule has 0 atom stereocenters. The van der Waals surface area contributed by atoms with Gasteiger partial charge in [-0.15, -0.1) is 0 Å². The average molecular weight is 462 g/mol. The highest BCUT2D eigenvalue weighted by Gasteiger charge is 2.13. The number of anilines is 1. The molecule has 3 aromatic rings. The zero-order valence-electron chi connectivity index (χ0n) is 19.7. The van der Waals surface area contributed by atoms with Gasteiger partial charge in [-0.25, -0.2) is 0 Å². The number of nitrogens with zero attached hydrogens (tertiary/aromatic N) is 2. The molecule has 1 amide bonds. The largest absolute Gasteiger partial charge is 0.493 e. The minimum absolute atomic E-state index is 0.0833. The van der Waals surface area contributed by atoms with Crippen LogP contribution in [-0.2, 0) is 4.79 Å². The molecule has 0 saturated carbocycles. The van der Waals surface area contributed by atoms with Crippen molar-refractivity contribution in [1.82, 2.24) is 5.16 Å². The molecule has 1 N–H and O–H groups in total. The van der Waals surface area contributed by atoms with Crippen molar-refractivity contribution in [3.63, 3.8) is 0 Å².